The van der Waals surface area contributed by atoms with Crippen molar-refractivity contribution in [1.82, 2.24) is 9.55 Å². The fourth-order valence-corrected chi connectivity index (χ4v) is 1.32. The number of hydrogen-bond donors (Lipinski definition) is 1. The molecule has 1 N–H and O–H groups in total. The van der Waals surface area contributed by atoms with Crippen LogP contribution in [0.1, 0.15) is 12.5 Å². The first-order valence-corrected chi connectivity index (χ1v) is 4.91. The van der Waals surface area contributed by atoms with Crippen molar-refractivity contribution < 1.29 is 9.53 Å². The highest BCUT2D eigenvalue weighted by Gasteiger charge is 2.07. The van der Waals surface area contributed by atoms with Crippen LogP contribution in [0, 0.1) is 0 Å². The molecule has 6 heteroatoms. The van der Waals surface area contributed by atoms with E-state index in [4.69, 9.17) is 0 Å². The number of aryl methyl sites for hydroxylation is 1. The topological polar surface area (TPSA) is 81.2 Å². The van der Waals surface area contributed by atoms with Crippen molar-refractivity contribution in [3.8, 4) is 0 Å². The van der Waals surface area contributed by atoms with Gasteiger partial charge in [0.15, 0.2) is 5.78 Å². The van der Waals surface area contributed by atoms with Gasteiger partial charge in [0.2, 0.25) is 0 Å². The van der Waals surface area contributed by atoms with Crippen molar-refractivity contribution in [3.63, 3.8) is 0 Å². The summed E-state index contributed by atoms with van der Waals surface area (Å²) in [6.45, 7) is 1.67. The van der Waals surface area contributed by atoms with Crippen LogP contribution >= 0.6 is 0 Å². The molecule has 0 amide bonds. The maximum Gasteiger partial charge on any atom is 0.328 e. The molecule has 0 spiro atoms. The number of aromatic amines is 1. The Hall–Kier alpha value is -1.69. The Kier molecular flexibility index (Phi) is 4.19. The molecule has 1 heterocycles. The second-order valence-electron chi connectivity index (χ2n) is 3.37. The van der Waals surface area contributed by atoms with E-state index in [-0.39, 0.29) is 18.9 Å². The van der Waals surface area contributed by atoms with Gasteiger partial charge in [-0.2, -0.15) is 0 Å². The summed E-state index contributed by atoms with van der Waals surface area (Å²) in [6, 6.07) is 0. The van der Waals surface area contributed by atoms with E-state index in [1.165, 1.54) is 17.9 Å². The monoisotopic (exact) mass is 226 g/mol. The van der Waals surface area contributed by atoms with Gasteiger partial charge < -0.3 is 4.74 Å². The molecule has 0 saturated carbocycles. The van der Waals surface area contributed by atoms with Gasteiger partial charge in [0.05, 0.1) is 6.54 Å². The van der Waals surface area contributed by atoms with Crippen molar-refractivity contribution in [2.75, 3.05) is 13.7 Å². The van der Waals surface area contributed by atoms with Crippen LogP contribution in [0.2, 0.25) is 0 Å². The lowest BCUT2D eigenvalue weighted by molar-refractivity contribution is -0.123. The number of rotatable bonds is 5. The summed E-state index contributed by atoms with van der Waals surface area (Å²) < 4.78 is 5.84. The number of methoxy groups -OCH3 is 1. The van der Waals surface area contributed by atoms with Crippen LogP contribution in [0.3, 0.4) is 0 Å². The highest BCUT2D eigenvalue weighted by atomic mass is 16.5. The number of ether oxygens (including phenoxy) is 1. The Balaban J connectivity index is 3.01. The van der Waals surface area contributed by atoms with Crippen molar-refractivity contribution in [2.45, 2.75) is 19.9 Å². The Bertz CT molecular complexity index is 486. The smallest absolute Gasteiger partial charge is 0.328 e. The van der Waals surface area contributed by atoms with Crippen molar-refractivity contribution >= 4 is 5.78 Å². The zero-order chi connectivity index (χ0) is 12.1. The number of ketones is 1. The average molecular weight is 226 g/mol. The lowest BCUT2D eigenvalue weighted by Gasteiger charge is -2.05. The summed E-state index contributed by atoms with van der Waals surface area (Å²) >= 11 is 0. The molecule has 0 fully saturated rings. The van der Waals surface area contributed by atoms with Gasteiger partial charge in [0, 0.05) is 18.9 Å². The average Bonchev–Trinajstić information content (AvgIpc) is 2.22. The minimum Gasteiger partial charge on any atom is -0.377 e. The first-order valence-electron chi connectivity index (χ1n) is 4.91. The van der Waals surface area contributed by atoms with E-state index in [9.17, 15) is 14.4 Å². The van der Waals surface area contributed by atoms with E-state index in [0.717, 1.165) is 0 Å². The first-order chi connectivity index (χ1) is 7.58. The lowest BCUT2D eigenvalue weighted by Crippen LogP contribution is -2.34. The molecule has 1 aromatic rings. The standard InChI is InChI=1S/C10H14N2O4/c1-3-7-4-12(5-8(13)6-16-2)10(15)11-9(7)14/h4H,3,5-6H2,1-2H3,(H,11,14,15). The third kappa shape index (κ3) is 2.90. The number of Topliss-reactive ketones (excluding diaryl/α,β-unsaturated/α-hetero) is 1. The van der Waals surface area contributed by atoms with E-state index in [0.29, 0.717) is 12.0 Å². The molecule has 0 bridgehead atoms. The van der Waals surface area contributed by atoms with E-state index < -0.39 is 11.2 Å². The van der Waals surface area contributed by atoms with Crippen molar-refractivity contribution in [1.29, 1.82) is 0 Å². The molecule has 0 saturated heterocycles. The maximum absolute atomic E-state index is 11.4. The van der Waals surface area contributed by atoms with Gasteiger partial charge in [0.1, 0.15) is 6.61 Å². The van der Waals surface area contributed by atoms with Crippen LogP contribution in [0.4, 0.5) is 0 Å². The van der Waals surface area contributed by atoms with E-state index in [1.54, 1.807) is 6.92 Å². The van der Waals surface area contributed by atoms with Gasteiger partial charge in [-0.3, -0.25) is 19.1 Å². The van der Waals surface area contributed by atoms with E-state index in [1.807, 2.05) is 0 Å². The highest BCUT2D eigenvalue weighted by molar-refractivity contribution is 5.79. The zero-order valence-electron chi connectivity index (χ0n) is 9.28. The van der Waals surface area contributed by atoms with Crippen LogP contribution in [0.15, 0.2) is 15.8 Å². The molecule has 0 aliphatic carbocycles. The van der Waals surface area contributed by atoms with Crippen molar-refractivity contribution in [3.05, 3.63) is 32.6 Å². The summed E-state index contributed by atoms with van der Waals surface area (Å²) in [7, 11) is 1.41. The van der Waals surface area contributed by atoms with Crippen molar-refractivity contribution in [2.24, 2.45) is 0 Å². The second kappa shape index (κ2) is 5.41. The number of carbonyl (C=O) groups excluding carboxylic acids is 1. The maximum atomic E-state index is 11.4. The molecule has 1 rings (SSSR count). The van der Waals surface area contributed by atoms with Crippen LogP contribution in [0.5, 0.6) is 0 Å². The van der Waals surface area contributed by atoms with Gasteiger partial charge in [-0.05, 0) is 6.42 Å². The second-order valence-corrected chi connectivity index (χ2v) is 3.37. The van der Waals surface area contributed by atoms with E-state index >= 15 is 0 Å². The van der Waals surface area contributed by atoms with Crippen LogP contribution < -0.4 is 11.2 Å². The normalized spacial score (nSPS) is 10.4. The summed E-state index contributed by atoms with van der Waals surface area (Å²) in [4.78, 5) is 36.1. The number of aromatic nitrogens is 2. The molecular formula is C10H14N2O4. The predicted molar refractivity (Wildman–Crippen MR) is 57.6 cm³/mol. The Morgan fingerprint density at radius 2 is 2.19 bits per heavy atom. The summed E-state index contributed by atoms with van der Waals surface area (Å²) in [5, 5.41) is 0. The zero-order valence-corrected chi connectivity index (χ0v) is 9.28. The fourth-order valence-electron chi connectivity index (χ4n) is 1.32. The van der Waals surface area contributed by atoms with Gasteiger partial charge in [-0.1, -0.05) is 6.92 Å². The van der Waals surface area contributed by atoms with Gasteiger partial charge in [-0.25, -0.2) is 4.79 Å². The molecule has 6 nitrogen and oxygen atoms in total. The molecule has 0 radical (unpaired) electrons. The van der Waals surface area contributed by atoms with Crippen LogP contribution in [0.25, 0.3) is 0 Å². The van der Waals surface area contributed by atoms with Gasteiger partial charge >= 0.3 is 5.69 Å². The number of hydrogen-bond acceptors (Lipinski definition) is 4. The lowest BCUT2D eigenvalue weighted by atomic mass is 10.2. The number of nitrogens with one attached hydrogen (secondary N) is 1. The molecule has 0 aliphatic heterocycles. The fraction of sp³-hybridized carbons (Fsp3) is 0.500. The van der Waals surface area contributed by atoms with Gasteiger partial charge in [-0.15, -0.1) is 0 Å². The minimum absolute atomic E-state index is 0.0486. The number of carbonyl (C=O) groups is 1. The molecular weight excluding hydrogens is 212 g/mol. The summed E-state index contributed by atoms with van der Waals surface area (Å²) in [5.74, 6) is -0.223. The van der Waals surface area contributed by atoms with E-state index in [2.05, 4.69) is 9.72 Å². The predicted octanol–water partition coefficient (Wildman–Crippen LogP) is -0.685. The number of nitrogens with zero attached hydrogens (tertiary/aromatic N) is 1. The van der Waals surface area contributed by atoms with Gasteiger partial charge in [0.25, 0.3) is 5.56 Å². The summed E-state index contributed by atoms with van der Waals surface area (Å²) in [5.41, 5.74) is -0.501. The molecule has 0 unspecified atom stereocenters. The quantitative estimate of drug-likeness (QED) is 0.720. The number of H-pyrrole nitrogens is 1. The molecule has 0 atom stereocenters. The minimum atomic E-state index is -0.577. The first kappa shape index (κ1) is 12.4. The molecule has 16 heavy (non-hydrogen) atoms. The van der Waals surface area contributed by atoms with Crippen LogP contribution in [-0.4, -0.2) is 29.1 Å². The Morgan fingerprint density at radius 1 is 1.50 bits per heavy atom. The molecule has 0 aliphatic rings. The largest absolute Gasteiger partial charge is 0.377 e. The SMILES string of the molecule is CCc1cn(CC(=O)COC)c(=O)[nH]c1=O. The highest BCUT2D eigenvalue weighted by Crippen LogP contribution is 1.90. The molecule has 88 valence electrons. The Labute approximate surface area is 91.9 Å². The third-order valence-corrected chi connectivity index (χ3v) is 2.12. The van der Waals surface area contributed by atoms with Crippen LogP contribution in [-0.2, 0) is 22.5 Å². The molecule has 1 aromatic heterocycles. The molecule has 0 aromatic carbocycles. The summed E-state index contributed by atoms with van der Waals surface area (Å²) in [6.07, 6.45) is 1.92. The Morgan fingerprint density at radius 3 is 2.75 bits per heavy atom. The third-order valence-electron chi connectivity index (χ3n) is 2.12.